The van der Waals surface area contributed by atoms with E-state index >= 15 is 0 Å². The second kappa shape index (κ2) is 6.68. The zero-order valence-corrected chi connectivity index (χ0v) is 14.7. The molecule has 9 nitrogen and oxygen atoms in total. The number of rotatable bonds is 3. The number of hydrogen-bond donors (Lipinski definition) is 2. The topological polar surface area (TPSA) is 129 Å². The van der Waals surface area contributed by atoms with Gasteiger partial charge in [0.15, 0.2) is 17.4 Å². The first-order chi connectivity index (χ1) is 13.9. The summed E-state index contributed by atoms with van der Waals surface area (Å²) < 4.78 is 34.9. The van der Waals surface area contributed by atoms with E-state index in [9.17, 15) is 18.4 Å². The molecule has 0 saturated heterocycles. The highest BCUT2D eigenvalue weighted by atomic mass is 19.1. The van der Waals surface area contributed by atoms with Gasteiger partial charge in [-0.15, -0.1) is 5.10 Å². The minimum Gasteiger partial charge on any atom is -0.451 e. The van der Waals surface area contributed by atoms with E-state index in [-0.39, 0.29) is 11.4 Å². The van der Waals surface area contributed by atoms with Gasteiger partial charge in [0.2, 0.25) is 5.69 Å². The van der Waals surface area contributed by atoms with Gasteiger partial charge in [0.05, 0.1) is 16.7 Å². The number of aromatic amines is 2. The number of fused-ring (bicyclic) bond motifs is 1. The summed E-state index contributed by atoms with van der Waals surface area (Å²) in [6.07, 6.45) is 0. The minimum absolute atomic E-state index is 0.165. The van der Waals surface area contributed by atoms with Crippen molar-refractivity contribution in [1.82, 2.24) is 24.7 Å². The molecule has 11 heteroatoms. The van der Waals surface area contributed by atoms with Crippen molar-refractivity contribution in [2.45, 2.75) is 6.92 Å². The number of nitrogens with zero attached hydrogens (tertiary/aromatic N) is 4. The Bertz CT molecular complexity index is 1410. The highest BCUT2D eigenvalue weighted by molar-refractivity contribution is 5.76. The summed E-state index contributed by atoms with van der Waals surface area (Å²) >= 11 is 0. The lowest BCUT2D eigenvalue weighted by Gasteiger charge is -2.10. The number of imidazole rings is 1. The lowest BCUT2D eigenvalue weighted by molar-refractivity contribution is 0.407. The first-order valence-electron chi connectivity index (χ1n) is 8.13. The average Bonchev–Trinajstić information content (AvgIpc) is 3.04. The molecule has 2 aromatic carbocycles. The van der Waals surface area contributed by atoms with Crippen LogP contribution in [0.4, 0.5) is 8.78 Å². The van der Waals surface area contributed by atoms with E-state index in [1.807, 2.05) is 4.98 Å². The van der Waals surface area contributed by atoms with Crippen molar-refractivity contribution in [3.05, 3.63) is 74.3 Å². The fourth-order valence-electron chi connectivity index (χ4n) is 2.71. The van der Waals surface area contributed by atoms with Crippen LogP contribution < -0.4 is 16.0 Å². The van der Waals surface area contributed by atoms with E-state index in [2.05, 4.69) is 15.1 Å². The molecule has 0 aliphatic carbocycles. The molecule has 4 aromatic rings. The molecule has 0 fully saturated rings. The third kappa shape index (κ3) is 3.23. The summed E-state index contributed by atoms with van der Waals surface area (Å²) in [5.41, 5.74) is -1.72. The van der Waals surface area contributed by atoms with Gasteiger partial charge in [0.25, 0.3) is 5.56 Å². The molecule has 29 heavy (non-hydrogen) atoms. The Morgan fingerprint density at radius 1 is 1.14 bits per heavy atom. The molecule has 2 aromatic heterocycles. The van der Waals surface area contributed by atoms with Gasteiger partial charge in [-0.2, -0.15) is 9.94 Å². The summed E-state index contributed by atoms with van der Waals surface area (Å²) in [7, 11) is 0. The van der Waals surface area contributed by atoms with Crippen molar-refractivity contribution in [2.75, 3.05) is 0 Å². The SMILES string of the molecule is Cc1nc2ccc(Oc3c(F)cc(-n4nc(C#N)c(=O)[nH]c4=O)cc3F)cc2[nH]1. The van der Waals surface area contributed by atoms with Crippen LogP contribution in [0.2, 0.25) is 0 Å². The zero-order valence-electron chi connectivity index (χ0n) is 14.7. The van der Waals surface area contributed by atoms with Crippen LogP contribution in [0.5, 0.6) is 11.5 Å². The second-order valence-electron chi connectivity index (χ2n) is 5.97. The molecule has 0 saturated carbocycles. The highest BCUT2D eigenvalue weighted by Gasteiger charge is 2.17. The molecule has 0 radical (unpaired) electrons. The maximum absolute atomic E-state index is 14.5. The van der Waals surface area contributed by atoms with E-state index in [4.69, 9.17) is 10.00 Å². The molecule has 0 spiro atoms. The maximum Gasteiger partial charge on any atom is 0.349 e. The normalized spacial score (nSPS) is 10.8. The number of halogens is 2. The third-order valence-electron chi connectivity index (χ3n) is 3.95. The van der Waals surface area contributed by atoms with Gasteiger partial charge in [-0.3, -0.25) is 9.78 Å². The monoisotopic (exact) mass is 396 g/mol. The molecule has 0 bridgehead atoms. The summed E-state index contributed by atoms with van der Waals surface area (Å²) in [6, 6.07) is 7.75. The molecule has 144 valence electrons. The van der Waals surface area contributed by atoms with E-state index < -0.39 is 34.3 Å². The number of hydrogen-bond acceptors (Lipinski definition) is 6. The zero-order chi connectivity index (χ0) is 20.7. The molecule has 2 heterocycles. The van der Waals surface area contributed by atoms with Gasteiger partial charge >= 0.3 is 5.69 Å². The lowest BCUT2D eigenvalue weighted by Crippen LogP contribution is -2.33. The molecule has 0 aliphatic rings. The Morgan fingerprint density at radius 2 is 1.86 bits per heavy atom. The number of benzene rings is 2. The lowest BCUT2D eigenvalue weighted by atomic mass is 10.2. The van der Waals surface area contributed by atoms with Gasteiger partial charge in [0, 0.05) is 18.2 Å². The van der Waals surface area contributed by atoms with E-state index in [1.54, 1.807) is 13.0 Å². The Morgan fingerprint density at radius 3 is 2.55 bits per heavy atom. The number of nitrogens with one attached hydrogen (secondary N) is 2. The van der Waals surface area contributed by atoms with Crippen molar-refractivity contribution >= 4 is 11.0 Å². The Labute approximate surface area is 159 Å². The number of H-pyrrole nitrogens is 2. The van der Waals surface area contributed by atoms with Crippen LogP contribution in [0.15, 0.2) is 39.9 Å². The molecule has 0 aliphatic heterocycles. The van der Waals surface area contributed by atoms with Gasteiger partial charge < -0.3 is 9.72 Å². The van der Waals surface area contributed by atoms with Crippen LogP contribution in [0, 0.1) is 29.9 Å². The van der Waals surface area contributed by atoms with Gasteiger partial charge in [0.1, 0.15) is 17.6 Å². The minimum atomic E-state index is -1.11. The van der Waals surface area contributed by atoms with Crippen molar-refractivity contribution in [2.24, 2.45) is 0 Å². The van der Waals surface area contributed by atoms with Crippen LogP contribution >= 0.6 is 0 Å². The summed E-state index contributed by atoms with van der Waals surface area (Å²) in [6.45, 7) is 1.77. The van der Waals surface area contributed by atoms with Gasteiger partial charge in [-0.25, -0.2) is 18.6 Å². The second-order valence-corrected chi connectivity index (χ2v) is 5.97. The largest absolute Gasteiger partial charge is 0.451 e. The molecule has 0 atom stereocenters. The van der Waals surface area contributed by atoms with Gasteiger partial charge in [-0.05, 0) is 19.1 Å². The first-order valence-corrected chi connectivity index (χ1v) is 8.13. The van der Waals surface area contributed by atoms with E-state index in [0.717, 1.165) is 12.1 Å². The molecule has 2 N–H and O–H groups in total. The van der Waals surface area contributed by atoms with Crippen molar-refractivity contribution in [3.63, 3.8) is 0 Å². The van der Waals surface area contributed by atoms with E-state index in [0.29, 0.717) is 21.5 Å². The predicted molar refractivity (Wildman–Crippen MR) is 96.0 cm³/mol. The standard InChI is InChI=1S/C18H10F2N6O3/c1-8-22-13-3-2-10(6-14(13)23-8)29-16-11(19)4-9(5-12(16)20)26-18(28)24-17(27)15(7-21)25-26/h2-6H,1H3,(H,22,23)(H,24,27,28). The molecule has 0 unspecified atom stereocenters. The summed E-state index contributed by atoms with van der Waals surface area (Å²) in [5, 5.41) is 12.4. The molecule has 4 rings (SSSR count). The maximum atomic E-state index is 14.5. The smallest absolute Gasteiger partial charge is 0.349 e. The molecule has 0 amide bonds. The number of aryl methyl sites for hydroxylation is 1. The number of aromatic nitrogens is 5. The van der Waals surface area contributed by atoms with Crippen LogP contribution in [0.3, 0.4) is 0 Å². The van der Waals surface area contributed by atoms with Crippen molar-refractivity contribution < 1.29 is 13.5 Å². The Kier molecular flexibility index (Phi) is 4.16. The number of ether oxygens (including phenoxy) is 1. The van der Waals surface area contributed by atoms with Gasteiger partial charge in [-0.1, -0.05) is 0 Å². The van der Waals surface area contributed by atoms with Crippen molar-refractivity contribution in [1.29, 1.82) is 5.26 Å². The fourth-order valence-corrected chi connectivity index (χ4v) is 2.71. The van der Waals surface area contributed by atoms with Crippen LogP contribution in [-0.4, -0.2) is 24.7 Å². The molecular weight excluding hydrogens is 386 g/mol. The predicted octanol–water partition coefficient (Wildman–Crippen LogP) is 2.05. The van der Waals surface area contributed by atoms with E-state index in [1.165, 1.54) is 18.2 Å². The first kappa shape index (κ1) is 18.1. The number of nitriles is 1. The average molecular weight is 396 g/mol. The Balaban J connectivity index is 1.75. The van der Waals surface area contributed by atoms with Crippen LogP contribution in [0.1, 0.15) is 11.5 Å². The summed E-state index contributed by atoms with van der Waals surface area (Å²) in [4.78, 5) is 32.4. The Hall–Kier alpha value is -4.33. The van der Waals surface area contributed by atoms with Crippen LogP contribution in [0.25, 0.3) is 16.7 Å². The quantitative estimate of drug-likeness (QED) is 0.545. The van der Waals surface area contributed by atoms with Crippen LogP contribution in [-0.2, 0) is 0 Å². The molecular formula is C18H10F2N6O3. The fraction of sp³-hybridized carbons (Fsp3) is 0.0556. The summed E-state index contributed by atoms with van der Waals surface area (Å²) in [5.74, 6) is -2.08. The highest BCUT2D eigenvalue weighted by Crippen LogP contribution is 2.30. The third-order valence-corrected chi connectivity index (χ3v) is 3.95. The van der Waals surface area contributed by atoms with Crippen molar-refractivity contribution in [3.8, 4) is 23.3 Å².